The number of nitrogen functional groups attached to an aromatic ring is 1. The minimum Gasteiger partial charge on any atom is -0.433 e. The number of halogens is 2. The summed E-state index contributed by atoms with van der Waals surface area (Å²) in [5.41, 5.74) is 11.6. The standard InChI is InChI=1S/C30H26F2N6O3/c1-16-9-27(41-29-22(31)3-2-4-23(29)32)34-12-26(16)38-30(33)20(11-35-38)28(39)25-10-19-21-13-37(18-14-40-15-18)8-7-17(21)5-6-24(19)36-25/h2-6,9-12,18,36H,7-8,13-15,33H2,1H3. The fraction of sp³-hybridized carbons (Fsp3) is 0.233. The van der Waals surface area contributed by atoms with Crippen LogP contribution in [-0.2, 0) is 17.7 Å². The Kier molecular flexibility index (Phi) is 6.06. The van der Waals surface area contributed by atoms with Gasteiger partial charge in [-0.25, -0.2) is 18.4 Å². The van der Waals surface area contributed by atoms with Crippen LogP contribution in [0.4, 0.5) is 14.6 Å². The molecule has 3 N–H and O–H groups in total. The Morgan fingerprint density at radius 1 is 1.15 bits per heavy atom. The van der Waals surface area contributed by atoms with Gasteiger partial charge in [0.1, 0.15) is 5.82 Å². The molecule has 0 aliphatic carbocycles. The number of nitrogens with two attached hydrogens (primary N) is 1. The van der Waals surface area contributed by atoms with Gasteiger partial charge in [-0.3, -0.25) is 9.69 Å². The highest BCUT2D eigenvalue weighted by atomic mass is 19.1. The highest BCUT2D eigenvalue weighted by Gasteiger charge is 2.30. The number of nitrogens with zero attached hydrogens (tertiary/aromatic N) is 4. The molecule has 1 fully saturated rings. The second-order valence-corrected chi connectivity index (χ2v) is 10.4. The average molecular weight is 557 g/mol. The Balaban J connectivity index is 1.16. The second kappa shape index (κ2) is 9.79. The smallest absolute Gasteiger partial charge is 0.219 e. The maximum absolute atomic E-state index is 14.0. The zero-order chi connectivity index (χ0) is 28.2. The summed E-state index contributed by atoms with van der Waals surface area (Å²) in [4.78, 5) is 23.5. The first-order valence-corrected chi connectivity index (χ1v) is 13.3. The van der Waals surface area contributed by atoms with Gasteiger partial charge in [0, 0.05) is 30.1 Å². The molecule has 0 amide bonds. The first-order chi connectivity index (χ1) is 19.9. The van der Waals surface area contributed by atoms with E-state index in [-0.39, 0.29) is 23.0 Å². The topological polar surface area (TPSA) is 111 Å². The summed E-state index contributed by atoms with van der Waals surface area (Å²) in [5.74, 6) is -2.35. The van der Waals surface area contributed by atoms with Gasteiger partial charge in [-0.05, 0) is 54.3 Å². The molecular weight excluding hydrogens is 530 g/mol. The first-order valence-electron chi connectivity index (χ1n) is 13.3. The number of hydrogen-bond donors (Lipinski definition) is 2. The van der Waals surface area contributed by atoms with Crippen molar-refractivity contribution in [2.75, 3.05) is 25.5 Å². The zero-order valence-corrected chi connectivity index (χ0v) is 22.2. The molecule has 3 aromatic heterocycles. The van der Waals surface area contributed by atoms with Crippen molar-refractivity contribution in [3.8, 4) is 17.3 Å². The van der Waals surface area contributed by atoms with Crippen molar-refractivity contribution in [1.29, 1.82) is 0 Å². The highest BCUT2D eigenvalue weighted by molar-refractivity contribution is 6.12. The number of para-hydroxylation sites is 1. The van der Waals surface area contributed by atoms with E-state index in [1.807, 2.05) is 12.1 Å². The number of rotatable bonds is 6. The molecule has 0 radical (unpaired) electrons. The van der Waals surface area contributed by atoms with Gasteiger partial charge in [-0.2, -0.15) is 5.10 Å². The number of ether oxygens (including phenoxy) is 2. The van der Waals surface area contributed by atoms with Crippen molar-refractivity contribution in [3.63, 3.8) is 0 Å². The van der Waals surface area contributed by atoms with Crippen molar-refractivity contribution in [1.82, 2.24) is 24.6 Å². The zero-order valence-electron chi connectivity index (χ0n) is 22.2. The number of benzene rings is 2. The SMILES string of the molecule is Cc1cc(Oc2c(F)cccc2F)ncc1-n1ncc(C(=O)c2cc3c4c(ccc3[nH]2)CCN(C2COC2)C4)c1N. The number of hydrogen-bond acceptors (Lipinski definition) is 7. The lowest BCUT2D eigenvalue weighted by molar-refractivity contribution is -0.0693. The number of pyridine rings is 1. The van der Waals surface area contributed by atoms with Crippen LogP contribution in [-0.4, -0.2) is 56.2 Å². The molecule has 2 aromatic carbocycles. The lowest BCUT2D eigenvalue weighted by atomic mass is 9.95. The molecule has 0 atom stereocenters. The molecule has 0 spiro atoms. The third-order valence-electron chi connectivity index (χ3n) is 7.89. The van der Waals surface area contributed by atoms with Crippen LogP contribution < -0.4 is 10.5 Å². The molecule has 7 rings (SSSR count). The molecule has 5 heterocycles. The lowest BCUT2D eigenvalue weighted by Crippen LogP contribution is -2.50. The fourth-order valence-corrected chi connectivity index (χ4v) is 5.50. The van der Waals surface area contributed by atoms with Gasteiger partial charge in [-0.1, -0.05) is 12.1 Å². The highest BCUT2D eigenvalue weighted by Crippen LogP contribution is 2.32. The normalized spacial score (nSPS) is 15.6. The molecule has 2 aliphatic heterocycles. The number of ketones is 1. The maximum atomic E-state index is 14.0. The summed E-state index contributed by atoms with van der Waals surface area (Å²) in [6.07, 6.45) is 3.81. The summed E-state index contributed by atoms with van der Waals surface area (Å²) in [5, 5.41) is 5.37. The van der Waals surface area contributed by atoms with Gasteiger partial charge < -0.3 is 20.2 Å². The van der Waals surface area contributed by atoms with Crippen molar-refractivity contribution in [3.05, 3.63) is 94.4 Å². The number of nitrogens with one attached hydrogen (secondary N) is 1. The van der Waals surface area contributed by atoms with Crippen molar-refractivity contribution >= 4 is 22.5 Å². The summed E-state index contributed by atoms with van der Waals surface area (Å²) >= 11 is 0. The second-order valence-electron chi connectivity index (χ2n) is 10.4. The summed E-state index contributed by atoms with van der Waals surface area (Å²) in [7, 11) is 0. The van der Waals surface area contributed by atoms with Gasteiger partial charge in [0.25, 0.3) is 0 Å². The number of fused-ring (bicyclic) bond motifs is 3. The van der Waals surface area contributed by atoms with Gasteiger partial charge in [0.15, 0.2) is 11.6 Å². The summed E-state index contributed by atoms with van der Waals surface area (Å²) in [6.45, 7) is 5.10. The predicted octanol–water partition coefficient (Wildman–Crippen LogP) is 4.70. The van der Waals surface area contributed by atoms with Crippen LogP contribution in [0.2, 0.25) is 0 Å². The number of aryl methyl sites for hydroxylation is 1. The number of aromatic nitrogens is 4. The van der Waals surface area contributed by atoms with E-state index < -0.39 is 17.4 Å². The Labute approximate surface area is 233 Å². The number of aromatic amines is 1. The largest absolute Gasteiger partial charge is 0.433 e. The molecule has 208 valence electrons. The van der Waals surface area contributed by atoms with Crippen LogP contribution in [0.5, 0.6) is 11.6 Å². The van der Waals surface area contributed by atoms with E-state index in [2.05, 4.69) is 26.0 Å². The van der Waals surface area contributed by atoms with E-state index in [9.17, 15) is 13.6 Å². The third kappa shape index (κ3) is 4.34. The van der Waals surface area contributed by atoms with E-state index in [4.69, 9.17) is 15.2 Å². The van der Waals surface area contributed by atoms with Crippen molar-refractivity contribution in [2.45, 2.75) is 25.9 Å². The van der Waals surface area contributed by atoms with E-state index in [0.29, 0.717) is 23.0 Å². The van der Waals surface area contributed by atoms with Crippen LogP contribution in [0.25, 0.3) is 16.6 Å². The number of carbonyl (C=O) groups is 1. The molecule has 0 bridgehead atoms. The van der Waals surface area contributed by atoms with Crippen LogP contribution in [0.1, 0.15) is 32.7 Å². The molecular formula is C30H26F2N6O3. The van der Waals surface area contributed by atoms with E-state index in [1.54, 1.807) is 6.92 Å². The quantitative estimate of drug-likeness (QED) is 0.292. The van der Waals surface area contributed by atoms with Crippen LogP contribution >= 0.6 is 0 Å². The minimum atomic E-state index is -0.837. The van der Waals surface area contributed by atoms with Crippen molar-refractivity contribution < 1.29 is 23.0 Å². The van der Waals surface area contributed by atoms with Gasteiger partial charge in [-0.15, -0.1) is 0 Å². The van der Waals surface area contributed by atoms with Gasteiger partial charge in [0.2, 0.25) is 17.4 Å². The van der Waals surface area contributed by atoms with Crippen LogP contribution in [0.3, 0.4) is 0 Å². The molecule has 0 saturated carbocycles. The van der Waals surface area contributed by atoms with E-state index in [1.165, 1.54) is 40.3 Å². The molecule has 1 saturated heterocycles. The minimum absolute atomic E-state index is 0.00193. The fourth-order valence-electron chi connectivity index (χ4n) is 5.50. The van der Waals surface area contributed by atoms with Gasteiger partial charge >= 0.3 is 0 Å². The third-order valence-corrected chi connectivity index (χ3v) is 7.89. The molecule has 5 aromatic rings. The predicted molar refractivity (Wildman–Crippen MR) is 147 cm³/mol. The van der Waals surface area contributed by atoms with Crippen LogP contribution in [0, 0.1) is 18.6 Å². The number of carbonyl (C=O) groups excluding carboxylic acids is 1. The molecule has 41 heavy (non-hydrogen) atoms. The van der Waals surface area contributed by atoms with E-state index in [0.717, 1.165) is 55.8 Å². The van der Waals surface area contributed by atoms with Crippen molar-refractivity contribution in [2.24, 2.45) is 0 Å². The van der Waals surface area contributed by atoms with Gasteiger partial charge in [0.05, 0.1) is 48.6 Å². The Hall–Kier alpha value is -4.61. The Bertz CT molecular complexity index is 1810. The van der Waals surface area contributed by atoms with E-state index >= 15 is 0 Å². The Morgan fingerprint density at radius 3 is 2.68 bits per heavy atom. The maximum Gasteiger partial charge on any atom is 0.219 e. The lowest BCUT2D eigenvalue weighted by Gasteiger charge is -2.40. The molecule has 2 aliphatic rings. The average Bonchev–Trinajstić information content (AvgIpc) is 3.54. The molecule has 11 heteroatoms. The van der Waals surface area contributed by atoms with Crippen LogP contribution in [0.15, 0.2) is 54.9 Å². The molecule has 0 unspecified atom stereocenters. The Morgan fingerprint density at radius 2 is 1.95 bits per heavy atom. The molecule has 9 nitrogen and oxygen atoms in total. The number of H-pyrrole nitrogens is 1. The summed E-state index contributed by atoms with van der Waals surface area (Å²) < 4.78 is 40.2. The first kappa shape index (κ1) is 25.4. The monoisotopic (exact) mass is 556 g/mol. The summed E-state index contributed by atoms with van der Waals surface area (Å²) in [6, 6.07) is 11.5. The number of anilines is 1.